The van der Waals surface area contributed by atoms with Crippen molar-refractivity contribution in [3.05, 3.63) is 23.8 Å². The van der Waals surface area contributed by atoms with Crippen LogP contribution >= 0.6 is 11.8 Å². The summed E-state index contributed by atoms with van der Waals surface area (Å²) in [4.78, 5) is 1.19. The Labute approximate surface area is 112 Å². The number of thioether (sulfide) groups is 1. The first kappa shape index (κ1) is 13.9. The molecule has 1 N–H and O–H groups in total. The van der Waals surface area contributed by atoms with Gasteiger partial charge in [0.1, 0.15) is 0 Å². The maximum Gasteiger partial charge on any atom is 0.176 e. The minimum atomic E-state index is -3.20. The van der Waals surface area contributed by atoms with Crippen molar-refractivity contribution < 1.29 is 13.2 Å². The molecule has 0 saturated carbocycles. The van der Waals surface area contributed by atoms with Crippen LogP contribution < -0.4 is 5.32 Å². The third kappa shape index (κ3) is 2.88. The summed E-state index contributed by atoms with van der Waals surface area (Å²) in [6.07, 6.45) is 3.07. The molecule has 1 aliphatic rings. The zero-order valence-electron chi connectivity index (χ0n) is 10.5. The maximum absolute atomic E-state index is 11.8. The summed E-state index contributed by atoms with van der Waals surface area (Å²) in [7, 11) is -3.20. The second kappa shape index (κ2) is 5.61. The second-order valence-electron chi connectivity index (χ2n) is 4.21. The lowest BCUT2D eigenvalue weighted by molar-refractivity contribution is 0.0258. The first-order valence-electron chi connectivity index (χ1n) is 5.73. The van der Waals surface area contributed by atoms with Crippen LogP contribution in [-0.4, -0.2) is 40.6 Å². The van der Waals surface area contributed by atoms with Crippen molar-refractivity contribution in [2.24, 2.45) is 0 Å². The van der Waals surface area contributed by atoms with Crippen molar-refractivity contribution in [3.8, 4) is 0 Å². The highest BCUT2D eigenvalue weighted by molar-refractivity contribution is 7.99. The summed E-state index contributed by atoms with van der Waals surface area (Å²) in [5, 5.41) is 3.26. The van der Waals surface area contributed by atoms with Crippen molar-refractivity contribution in [3.63, 3.8) is 0 Å². The van der Waals surface area contributed by atoms with Crippen LogP contribution in [0.25, 0.3) is 0 Å². The van der Waals surface area contributed by atoms with Crippen molar-refractivity contribution in [2.75, 3.05) is 32.2 Å². The number of hydrogen-bond acceptors (Lipinski definition) is 5. The van der Waals surface area contributed by atoms with Gasteiger partial charge in [0, 0.05) is 24.2 Å². The molecule has 1 aromatic rings. The molecule has 0 spiro atoms. The molecule has 0 aliphatic carbocycles. The van der Waals surface area contributed by atoms with Gasteiger partial charge in [-0.1, -0.05) is 12.1 Å². The van der Waals surface area contributed by atoms with Crippen molar-refractivity contribution in [1.82, 2.24) is 5.32 Å². The molecule has 0 radical (unpaired) electrons. The Morgan fingerprint density at radius 1 is 1.44 bits per heavy atom. The summed E-state index contributed by atoms with van der Waals surface area (Å²) in [6.45, 7) is 2.22. The summed E-state index contributed by atoms with van der Waals surface area (Å²) in [5.41, 5.74) is 0.956. The van der Waals surface area contributed by atoms with Gasteiger partial charge in [-0.05, 0) is 17.9 Å². The summed E-state index contributed by atoms with van der Waals surface area (Å²) >= 11 is 1.46. The monoisotopic (exact) mass is 287 g/mol. The number of sulfone groups is 1. The minimum absolute atomic E-state index is 0.0668. The average Bonchev–Trinajstić information content (AvgIpc) is 2.37. The zero-order chi connectivity index (χ0) is 13.2. The third-order valence-electron chi connectivity index (χ3n) is 2.89. The van der Waals surface area contributed by atoms with Gasteiger partial charge in [-0.2, -0.15) is 0 Å². The van der Waals surface area contributed by atoms with Gasteiger partial charge in [0.25, 0.3) is 0 Å². The predicted molar refractivity (Wildman–Crippen MR) is 72.9 cm³/mol. The van der Waals surface area contributed by atoms with Gasteiger partial charge in [0.2, 0.25) is 0 Å². The summed E-state index contributed by atoms with van der Waals surface area (Å²) < 4.78 is 29.3. The van der Waals surface area contributed by atoms with E-state index in [9.17, 15) is 8.42 Å². The van der Waals surface area contributed by atoms with E-state index in [2.05, 4.69) is 5.32 Å². The average molecular weight is 287 g/mol. The lowest BCUT2D eigenvalue weighted by Gasteiger charge is -2.26. The number of rotatable bonds is 3. The highest BCUT2D eigenvalue weighted by Crippen LogP contribution is 2.34. The first-order valence-corrected chi connectivity index (χ1v) is 8.85. The molecule has 4 nitrogen and oxygen atoms in total. The molecule has 0 aromatic heterocycles. The zero-order valence-corrected chi connectivity index (χ0v) is 12.1. The van der Waals surface area contributed by atoms with E-state index >= 15 is 0 Å². The maximum atomic E-state index is 11.8. The standard InChI is InChI=1S/C12H17NO3S2/c1-17-12-9(10-8-13-6-7-16-10)4-3-5-11(12)18(2,14)15/h3-5,10,13H,6-8H2,1-2H3. The Hall–Kier alpha value is -0.560. The van der Waals surface area contributed by atoms with E-state index in [0.29, 0.717) is 11.5 Å². The van der Waals surface area contributed by atoms with E-state index in [1.807, 2.05) is 12.3 Å². The molecule has 1 saturated heterocycles. The Kier molecular flexibility index (Phi) is 4.32. The van der Waals surface area contributed by atoms with Gasteiger partial charge >= 0.3 is 0 Å². The fourth-order valence-electron chi connectivity index (χ4n) is 2.06. The predicted octanol–water partition coefficient (Wildman–Crippen LogP) is 1.47. The van der Waals surface area contributed by atoms with E-state index in [1.165, 1.54) is 18.0 Å². The Morgan fingerprint density at radius 3 is 2.78 bits per heavy atom. The molecule has 18 heavy (non-hydrogen) atoms. The molecule has 100 valence electrons. The van der Waals surface area contributed by atoms with E-state index in [4.69, 9.17) is 4.74 Å². The normalized spacial score (nSPS) is 20.9. The quantitative estimate of drug-likeness (QED) is 0.853. The Balaban J connectivity index is 2.47. The molecule has 1 aromatic carbocycles. The molecular formula is C12H17NO3S2. The molecule has 1 fully saturated rings. The van der Waals surface area contributed by atoms with Crippen LogP contribution in [0, 0.1) is 0 Å². The fraction of sp³-hybridized carbons (Fsp3) is 0.500. The van der Waals surface area contributed by atoms with Crippen LogP contribution in [-0.2, 0) is 14.6 Å². The van der Waals surface area contributed by atoms with E-state index in [0.717, 1.165) is 23.5 Å². The van der Waals surface area contributed by atoms with Crippen LogP contribution in [0.4, 0.5) is 0 Å². The van der Waals surface area contributed by atoms with Crippen molar-refractivity contribution >= 4 is 21.6 Å². The van der Waals surface area contributed by atoms with Gasteiger partial charge in [0.05, 0.1) is 17.6 Å². The lowest BCUT2D eigenvalue weighted by Crippen LogP contribution is -2.33. The molecule has 1 aliphatic heterocycles. The molecule has 2 rings (SSSR count). The Bertz CT molecular complexity index is 522. The van der Waals surface area contributed by atoms with Crippen LogP contribution in [0.5, 0.6) is 0 Å². The molecule has 1 heterocycles. The highest BCUT2D eigenvalue weighted by atomic mass is 32.2. The van der Waals surface area contributed by atoms with Gasteiger partial charge in [-0.15, -0.1) is 11.8 Å². The first-order chi connectivity index (χ1) is 8.54. The number of benzene rings is 1. The molecule has 1 atom stereocenters. The van der Waals surface area contributed by atoms with Gasteiger partial charge in [-0.25, -0.2) is 8.42 Å². The SMILES string of the molecule is CSc1c(C2CNCCO2)cccc1S(C)(=O)=O. The van der Waals surface area contributed by atoms with Crippen LogP contribution in [0.2, 0.25) is 0 Å². The highest BCUT2D eigenvalue weighted by Gasteiger charge is 2.23. The van der Waals surface area contributed by atoms with Crippen LogP contribution in [0.3, 0.4) is 0 Å². The second-order valence-corrected chi connectivity index (χ2v) is 7.02. The number of nitrogens with one attached hydrogen (secondary N) is 1. The summed E-state index contributed by atoms with van der Waals surface area (Å²) in [6, 6.07) is 5.38. The van der Waals surface area contributed by atoms with Crippen LogP contribution in [0.1, 0.15) is 11.7 Å². The number of ether oxygens (including phenoxy) is 1. The number of morpholine rings is 1. The third-order valence-corrected chi connectivity index (χ3v) is 5.02. The smallest absolute Gasteiger partial charge is 0.176 e. The van der Waals surface area contributed by atoms with Gasteiger partial charge in [0.15, 0.2) is 9.84 Å². The minimum Gasteiger partial charge on any atom is -0.371 e. The fourth-order valence-corrected chi connectivity index (χ4v) is 4.25. The van der Waals surface area contributed by atoms with E-state index in [-0.39, 0.29) is 6.10 Å². The lowest BCUT2D eigenvalue weighted by atomic mass is 10.1. The van der Waals surface area contributed by atoms with Crippen LogP contribution in [0.15, 0.2) is 28.0 Å². The van der Waals surface area contributed by atoms with Crippen molar-refractivity contribution in [1.29, 1.82) is 0 Å². The molecular weight excluding hydrogens is 270 g/mol. The molecule has 6 heteroatoms. The van der Waals surface area contributed by atoms with Gasteiger partial charge < -0.3 is 10.1 Å². The largest absolute Gasteiger partial charge is 0.371 e. The van der Waals surface area contributed by atoms with Gasteiger partial charge in [-0.3, -0.25) is 0 Å². The van der Waals surface area contributed by atoms with Crippen molar-refractivity contribution in [2.45, 2.75) is 15.9 Å². The molecule has 0 bridgehead atoms. The number of hydrogen-bond donors (Lipinski definition) is 1. The van der Waals surface area contributed by atoms with E-state index < -0.39 is 9.84 Å². The van der Waals surface area contributed by atoms with E-state index in [1.54, 1.807) is 12.1 Å². The molecule has 1 unspecified atom stereocenters. The Morgan fingerprint density at radius 2 is 2.22 bits per heavy atom. The topological polar surface area (TPSA) is 55.4 Å². The summed E-state index contributed by atoms with van der Waals surface area (Å²) in [5.74, 6) is 0. The molecule has 0 amide bonds.